The molecule has 33 heavy (non-hydrogen) atoms. The van der Waals surface area contributed by atoms with Gasteiger partial charge in [0.25, 0.3) is 5.91 Å². The van der Waals surface area contributed by atoms with E-state index in [4.69, 9.17) is 4.99 Å². The summed E-state index contributed by atoms with van der Waals surface area (Å²) in [5.74, 6) is 0.989. The number of carbonyl (C=O) groups excluding carboxylic acids is 1. The van der Waals surface area contributed by atoms with Crippen LogP contribution in [0.1, 0.15) is 64.6 Å². The number of fused-ring (bicyclic) bond motifs is 3. The first-order valence-corrected chi connectivity index (χ1v) is 13.7. The first-order valence-electron chi connectivity index (χ1n) is 11.4. The van der Waals surface area contributed by atoms with Gasteiger partial charge in [0.2, 0.25) is 16.0 Å². The van der Waals surface area contributed by atoms with Crippen LogP contribution in [0.3, 0.4) is 0 Å². The third-order valence-corrected chi connectivity index (χ3v) is 9.76. The Kier molecular flexibility index (Phi) is 4.57. The first kappa shape index (κ1) is 21.2. The number of hydrogen-bond donors (Lipinski definition) is 1. The number of guanidine groups is 1. The molecule has 0 saturated heterocycles. The van der Waals surface area contributed by atoms with E-state index in [1.165, 1.54) is 0 Å². The average molecular weight is 486 g/mol. The number of thiazole rings is 1. The Morgan fingerprint density at radius 3 is 2.64 bits per heavy atom. The van der Waals surface area contributed by atoms with Crippen LogP contribution in [0.25, 0.3) is 0 Å². The van der Waals surface area contributed by atoms with Crippen molar-refractivity contribution in [1.29, 1.82) is 0 Å². The Morgan fingerprint density at radius 2 is 2.00 bits per heavy atom. The van der Waals surface area contributed by atoms with E-state index in [0.717, 1.165) is 46.9 Å². The van der Waals surface area contributed by atoms with Gasteiger partial charge in [-0.05, 0) is 70.6 Å². The summed E-state index contributed by atoms with van der Waals surface area (Å²) < 4.78 is 28.9. The number of carbonyl (C=O) groups is 1. The molecule has 2 aliphatic heterocycles. The fraction of sp³-hybridized carbons (Fsp3) is 0.522. The van der Waals surface area contributed by atoms with Crippen LogP contribution in [0.2, 0.25) is 0 Å². The number of nitrogens with one attached hydrogen (secondary N) is 1. The molecule has 174 valence electrons. The number of nitrogens with zero attached hydrogens (tertiary/aromatic N) is 4. The maximum Gasteiger partial charge on any atom is 0.262 e. The van der Waals surface area contributed by atoms with Crippen LogP contribution in [0.5, 0.6) is 0 Å². The van der Waals surface area contributed by atoms with Gasteiger partial charge in [-0.2, -0.15) is 0 Å². The van der Waals surface area contributed by atoms with Crippen molar-refractivity contribution < 1.29 is 13.2 Å². The van der Waals surface area contributed by atoms with E-state index >= 15 is 0 Å². The molecule has 0 unspecified atom stereocenters. The van der Waals surface area contributed by atoms with Crippen LogP contribution in [0.15, 0.2) is 28.1 Å². The molecule has 6 rings (SSSR count). The third kappa shape index (κ3) is 3.59. The second kappa shape index (κ2) is 7.10. The van der Waals surface area contributed by atoms with Gasteiger partial charge in [-0.1, -0.05) is 0 Å². The van der Waals surface area contributed by atoms with Gasteiger partial charge >= 0.3 is 0 Å². The SMILES string of the molecule is Cc1nc(C)c([C@@H]2CN=C3N(CC4CC4)C(=O)c4cc(S(=O)(=O)NC5(C)CC5)ccc4N32)s1. The number of benzene rings is 1. The minimum Gasteiger partial charge on any atom is -0.301 e. The summed E-state index contributed by atoms with van der Waals surface area (Å²) in [5, 5.41) is 1.00. The van der Waals surface area contributed by atoms with Crippen molar-refractivity contribution in [3.63, 3.8) is 0 Å². The molecule has 1 N–H and O–H groups in total. The zero-order valence-corrected chi connectivity index (χ0v) is 20.6. The van der Waals surface area contributed by atoms with E-state index in [9.17, 15) is 13.2 Å². The largest absolute Gasteiger partial charge is 0.301 e. The Hall–Kier alpha value is -2.30. The molecule has 8 nitrogen and oxygen atoms in total. The van der Waals surface area contributed by atoms with E-state index in [1.807, 2.05) is 20.8 Å². The summed E-state index contributed by atoms with van der Waals surface area (Å²) in [6, 6.07) is 4.87. The highest BCUT2D eigenvalue weighted by molar-refractivity contribution is 7.89. The van der Waals surface area contributed by atoms with Crippen LogP contribution in [-0.2, 0) is 10.0 Å². The summed E-state index contributed by atoms with van der Waals surface area (Å²) in [5.41, 5.74) is 1.74. The summed E-state index contributed by atoms with van der Waals surface area (Å²) in [6.07, 6.45) is 3.87. The Morgan fingerprint density at radius 1 is 1.24 bits per heavy atom. The van der Waals surface area contributed by atoms with Crippen LogP contribution in [-0.4, -0.2) is 48.8 Å². The van der Waals surface area contributed by atoms with Gasteiger partial charge in [-0.15, -0.1) is 11.3 Å². The van der Waals surface area contributed by atoms with Gasteiger partial charge < -0.3 is 4.90 Å². The molecule has 4 aliphatic rings. The van der Waals surface area contributed by atoms with Crippen LogP contribution in [0, 0.1) is 19.8 Å². The molecule has 2 fully saturated rings. The fourth-order valence-corrected chi connectivity index (χ4v) is 7.21. The number of aliphatic imine (C=N–C) groups is 1. The van der Waals surface area contributed by atoms with Crippen LogP contribution >= 0.6 is 11.3 Å². The maximum atomic E-state index is 13.6. The summed E-state index contributed by atoms with van der Waals surface area (Å²) in [6.45, 7) is 7.08. The van der Waals surface area contributed by atoms with E-state index in [0.29, 0.717) is 30.5 Å². The molecule has 2 aliphatic carbocycles. The number of amides is 1. The summed E-state index contributed by atoms with van der Waals surface area (Å²) >= 11 is 1.66. The molecule has 1 atom stereocenters. The van der Waals surface area contributed by atoms with Crippen molar-refractivity contribution in [2.75, 3.05) is 18.0 Å². The number of anilines is 1. The monoisotopic (exact) mass is 485 g/mol. The van der Waals surface area contributed by atoms with E-state index in [-0.39, 0.29) is 22.4 Å². The summed E-state index contributed by atoms with van der Waals surface area (Å²) in [7, 11) is -3.71. The number of aryl methyl sites for hydroxylation is 2. The summed E-state index contributed by atoms with van der Waals surface area (Å²) in [4.78, 5) is 28.2. The van der Waals surface area contributed by atoms with E-state index < -0.39 is 10.0 Å². The molecular formula is C23H27N5O3S2. The van der Waals surface area contributed by atoms with Crippen molar-refractivity contribution >= 4 is 38.9 Å². The van der Waals surface area contributed by atoms with Crippen LogP contribution in [0.4, 0.5) is 5.69 Å². The number of rotatable bonds is 6. The van der Waals surface area contributed by atoms with E-state index in [1.54, 1.807) is 34.4 Å². The number of sulfonamides is 1. The minimum atomic E-state index is -3.71. The van der Waals surface area contributed by atoms with Gasteiger partial charge in [0, 0.05) is 12.1 Å². The predicted octanol–water partition coefficient (Wildman–Crippen LogP) is 3.37. The number of aromatic nitrogens is 1. The van der Waals surface area contributed by atoms with Crippen molar-refractivity contribution in [2.24, 2.45) is 10.9 Å². The fourth-order valence-electron chi connectivity index (χ4n) is 4.71. The molecule has 10 heteroatoms. The molecule has 0 bridgehead atoms. The standard InChI is InChI=1S/C23H27N5O3S2/c1-13-20(32-14(2)25-13)19-11-24-22-27(12-15-4-5-15)21(29)17-10-16(6-7-18(17)28(19)22)33(30,31)26-23(3)8-9-23/h6-7,10,15,19,26H,4-5,8-9,11-12H2,1-3H3/t19-/m0/s1. The highest BCUT2D eigenvalue weighted by Crippen LogP contribution is 2.44. The van der Waals surface area contributed by atoms with Gasteiger partial charge in [0.05, 0.1) is 44.3 Å². The highest BCUT2D eigenvalue weighted by atomic mass is 32.2. The second-order valence-corrected chi connectivity index (χ2v) is 12.8. The molecule has 1 amide bonds. The van der Waals surface area contributed by atoms with Gasteiger partial charge in [0.15, 0.2) is 0 Å². The highest BCUT2D eigenvalue weighted by Gasteiger charge is 2.46. The molecule has 1 aromatic carbocycles. The number of hydrogen-bond acceptors (Lipinski definition) is 7. The molecule has 3 heterocycles. The Bertz CT molecular complexity index is 1310. The van der Waals surface area contributed by atoms with Crippen molar-refractivity contribution in [2.45, 2.75) is 62.9 Å². The lowest BCUT2D eigenvalue weighted by atomic mass is 10.0. The van der Waals surface area contributed by atoms with E-state index in [2.05, 4.69) is 14.6 Å². The third-order valence-electron chi connectivity index (χ3n) is 6.95. The topological polar surface area (TPSA) is 95.0 Å². The van der Waals surface area contributed by atoms with Crippen molar-refractivity contribution in [1.82, 2.24) is 14.6 Å². The quantitative estimate of drug-likeness (QED) is 0.677. The maximum absolute atomic E-state index is 13.6. The van der Waals surface area contributed by atoms with Crippen molar-refractivity contribution in [3.05, 3.63) is 39.3 Å². The lowest BCUT2D eigenvalue weighted by molar-refractivity contribution is 0.0835. The van der Waals surface area contributed by atoms with Gasteiger partial charge in [0.1, 0.15) is 0 Å². The molecule has 0 radical (unpaired) electrons. The molecule has 2 aromatic rings. The van der Waals surface area contributed by atoms with Crippen molar-refractivity contribution in [3.8, 4) is 0 Å². The molecule has 2 saturated carbocycles. The lowest BCUT2D eigenvalue weighted by Crippen LogP contribution is -2.51. The predicted molar refractivity (Wildman–Crippen MR) is 127 cm³/mol. The van der Waals surface area contributed by atoms with Crippen LogP contribution < -0.4 is 9.62 Å². The van der Waals surface area contributed by atoms with Gasteiger partial charge in [-0.3, -0.25) is 9.69 Å². The zero-order chi connectivity index (χ0) is 23.1. The molecule has 1 aromatic heterocycles. The zero-order valence-electron chi connectivity index (χ0n) is 19.0. The molecule has 0 spiro atoms. The normalized spacial score (nSPS) is 23.4. The smallest absolute Gasteiger partial charge is 0.262 e. The molecular weight excluding hydrogens is 458 g/mol. The second-order valence-electron chi connectivity index (χ2n) is 9.91. The Labute approximate surface area is 197 Å². The minimum absolute atomic E-state index is 0.0503. The average Bonchev–Trinajstić information content (AvgIpc) is 3.64. The van der Waals surface area contributed by atoms with Gasteiger partial charge in [-0.25, -0.2) is 23.1 Å². The Balaban J connectivity index is 1.44. The first-order chi connectivity index (χ1) is 15.7. The lowest BCUT2D eigenvalue weighted by Gasteiger charge is -2.38.